The Labute approximate surface area is 194 Å². The summed E-state index contributed by atoms with van der Waals surface area (Å²) in [5.41, 5.74) is 5.78. The summed E-state index contributed by atoms with van der Waals surface area (Å²) in [6.45, 7) is 2.07. The van der Waals surface area contributed by atoms with Crippen LogP contribution in [0.25, 0.3) is 11.6 Å². The highest BCUT2D eigenvalue weighted by Gasteiger charge is 2.19. The number of nitrogens with zero attached hydrogens (tertiary/aromatic N) is 1. The Kier molecular flexibility index (Phi) is 6.98. The fourth-order valence-corrected chi connectivity index (χ4v) is 4.42. The highest BCUT2D eigenvalue weighted by atomic mass is 16.6. The lowest BCUT2D eigenvalue weighted by molar-refractivity contribution is -0.384. The predicted octanol–water partition coefficient (Wildman–Crippen LogP) is 6.28. The zero-order valence-electron chi connectivity index (χ0n) is 18.8. The van der Waals surface area contributed by atoms with Crippen LogP contribution in [-0.2, 0) is 17.6 Å². The lowest BCUT2D eigenvalue weighted by Crippen LogP contribution is -2.29. The van der Waals surface area contributed by atoms with Gasteiger partial charge in [-0.2, -0.15) is 0 Å². The summed E-state index contributed by atoms with van der Waals surface area (Å²) in [7, 11) is 0. The third-order valence-electron chi connectivity index (χ3n) is 6.21. The van der Waals surface area contributed by atoms with Crippen LogP contribution in [0.1, 0.15) is 60.0 Å². The number of amides is 1. The van der Waals surface area contributed by atoms with Gasteiger partial charge in [0.05, 0.1) is 11.0 Å². The normalized spacial score (nSPS) is 14.3. The summed E-state index contributed by atoms with van der Waals surface area (Å²) in [5.74, 6) is -0.197. The van der Waals surface area contributed by atoms with Crippen LogP contribution in [0.3, 0.4) is 0 Å². The molecule has 3 aromatic rings. The van der Waals surface area contributed by atoms with Gasteiger partial charge in [-0.3, -0.25) is 14.9 Å². The molecular formula is C28H28N2O3. The molecule has 0 aromatic heterocycles. The molecule has 0 radical (unpaired) electrons. The third-order valence-corrected chi connectivity index (χ3v) is 6.21. The van der Waals surface area contributed by atoms with Gasteiger partial charge < -0.3 is 5.32 Å². The lowest BCUT2D eigenvalue weighted by Gasteiger charge is -2.22. The number of nitrogens with one attached hydrogen (secondary N) is 1. The van der Waals surface area contributed by atoms with Crippen LogP contribution in [0.15, 0.2) is 72.8 Å². The van der Waals surface area contributed by atoms with Crippen molar-refractivity contribution in [3.63, 3.8) is 0 Å². The zero-order chi connectivity index (χ0) is 23.2. The van der Waals surface area contributed by atoms with Gasteiger partial charge in [0, 0.05) is 17.7 Å². The first-order valence-corrected chi connectivity index (χ1v) is 11.5. The standard InChI is InChI=1S/C28H28N2O3/c1-2-27(24-16-15-21-10-6-7-13-23(21)19-24)29-28(31)26(22-11-4-3-5-12-22)18-20-9-8-14-25(17-20)30(32)33/h3-5,8-9,11-12,14-19,27H,2,6-7,10,13H2,1H3,(H,29,31)/b26-18+/t27-/m0/s1. The van der Waals surface area contributed by atoms with Gasteiger partial charge in [0.2, 0.25) is 0 Å². The van der Waals surface area contributed by atoms with Crippen molar-refractivity contribution in [3.05, 3.63) is 111 Å². The number of benzene rings is 3. The molecule has 0 spiro atoms. The Balaban J connectivity index is 1.65. The van der Waals surface area contributed by atoms with Crippen LogP contribution in [-0.4, -0.2) is 10.8 Å². The van der Waals surface area contributed by atoms with Crippen LogP contribution in [0.5, 0.6) is 0 Å². The smallest absolute Gasteiger partial charge is 0.270 e. The summed E-state index contributed by atoms with van der Waals surface area (Å²) in [5, 5.41) is 14.4. The molecule has 1 aliphatic carbocycles. The van der Waals surface area contributed by atoms with Crippen LogP contribution >= 0.6 is 0 Å². The zero-order valence-corrected chi connectivity index (χ0v) is 18.8. The molecule has 168 valence electrons. The summed E-state index contributed by atoms with van der Waals surface area (Å²) in [4.78, 5) is 24.2. The van der Waals surface area contributed by atoms with Crippen molar-refractivity contribution < 1.29 is 9.72 Å². The molecular weight excluding hydrogens is 412 g/mol. The van der Waals surface area contributed by atoms with Gasteiger partial charge >= 0.3 is 0 Å². The highest BCUT2D eigenvalue weighted by Crippen LogP contribution is 2.27. The van der Waals surface area contributed by atoms with Gasteiger partial charge in [-0.15, -0.1) is 0 Å². The predicted molar refractivity (Wildman–Crippen MR) is 132 cm³/mol. The maximum absolute atomic E-state index is 13.5. The summed E-state index contributed by atoms with van der Waals surface area (Å²) in [6, 6.07) is 22.2. The molecule has 5 heteroatoms. The van der Waals surface area contributed by atoms with Crippen LogP contribution in [0.4, 0.5) is 5.69 Å². The molecule has 0 saturated heterocycles. The molecule has 0 unspecified atom stereocenters. The number of hydrogen-bond acceptors (Lipinski definition) is 3. The van der Waals surface area contributed by atoms with Gasteiger partial charge in [-0.1, -0.05) is 67.6 Å². The van der Waals surface area contributed by atoms with E-state index in [-0.39, 0.29) is 17.6 Å². The molecule has 1 N–H and O–H groups in total. The number of rotatable bonds is 7. The molecule has 5 nitrogen and oxygen atoms in total. The van der Waals surface area contributed by atoms with Gasteiger partial charge in [0.25, 0.3) is 11.6 Å². The molecule has 1 amide bonds. The van der Waals surface area contributed by atoms with Crippen molar-refractivity contribution in [1.29, 1.82) is 0 Å². The molecule has 3 aromatic carbocycles. The van der Waals surface area contributed by atoms with Gasteiger partial charge in [0.1, 0.15) is 0 Å². The second-order valence-electron chi connectivity index (χ2n) is 8.45. The van der Waals surface area contributed by atoms with E-state index in [1.54, 1.807) is 18.2 Å². The quantitative estimate of drug-likeness (QED) is 0.203. The number of aryl methyl sites for hydroxylation is 2. The van der Waals surface area contributed by atoms with Gasteiger partial charge in [-0.05, 0) is 66.0 Å². The minimum absolute atomic E-state index is 0.00272. The molecule has 0 heterocycles. The van der Waals surface area contributed by atoms with Crippen LogP contribution in [0, 0.1) is 10.1 Å². The SMILES string of the molecule is CC[C@H](NC(=O)/C(=C/c1cccc([N+](=O)[O-])c1)c1ccccc1)c1ccc2c(c1)CCCC2. The van der Waals surface area contributed by atoms with Crippen LogP contribution < -0.4 is 5.32 Å². The fourth-order valence-electron chi connectivity index (χ4n) is 4.42. The van der Waals surface area contributed by atoms with E-state index < -0.39 is 4.92 Å². The Morgan fingerprint density at radius 1 is 1.00 bits per heavy atom. The Hall–Kier alpha value is -3.73. The first kappa shape index (κ1) is 22.5. The number of hydrogen-bond donors (Lipinski definition) is 1. The maximum Gasteiger partial charge on any atom is 0.270 e. The van der Waals surface area contributed by atoms with Crippen molar-refractivity contribution in [3.8, 4) is 0 Å². The minimum atomic E-state index is -0.428. The summed E-state index contributed by atoms with van der Waals surface area (Å²) >= 11 is 0. The Morgan fingerprint density at radius 2 is 1.76 bits per heavy atom. The number of carbonyl (C=O) groups excluding carboxylic acids is 1. The number of nitro benzene ring substituents is 1. The first-order valence-electron chi connectivity index (χ1n) is 11.5. The van der Waals surface area contributed by atoms with E-state index >= 15 is 0 Å². The molecule has 1 atom stereocenters. The van der Waals surface area contributed by atoms with E-state index in [1.807, 2.05) is 30.3 Å². The van der Waals surface area contributed by atoms with E-state index in [0.717, 1.165) is 30.4 Å². The second kappa shape index (κ2) is 10.3. The van der Waals surface area contributed by atoms with Crippen molar-refractivity contribution >= 4 is 23.2 Å². The summed E-state index contributed by atoms with van der Waals surface area (Å²) < 4.78 is 0. The molecule has 0 fully saturated rings. The van der Waals surface area contributed by atoms with E-state index in [4.69, 9.17) is 0 Å². The molecule has 0 saturated carbocycles. The van der Waals surface area contributed by atoms with E-state index in [9.17, 15) is 14.9 Å². The average molecular weight is 441 g/mol. The van der Waals surface area contributed by atoms with Crippen molar-refractivity contribution in [2.75, 3.05) is 0 Å². The molecule has 0 aliphatic heterocycles. The third kappa shape index (κ3) is 5.37. The Bertz CT molecular complexity index is 1180. The molecule has 0 bridgehead atoms. The van der Waals surface area contributed by atoms with E-state index in [1.165, 1.54) is 36.1 Å². The number of nitro groups is 1. The largest absolute Gasteiger partial charge is 0.345 e. The number of carbonyl (C=O) groups is 1. The van der Waals surface area contributed by atoms with Crippen molar-refractivity contribution in [2.45, 2.75) is 45.1 Å². The van der Waals surface area contributed by atoms with E-state index in [2.05, 4.69) is 30.4 Å². The van der Waals surface area contributed by atoms with Crippen molar-refractivity contribution in [1.82, 2.24) is 5.32 Å². The molecule has 33 heavy (non-hydrogen) atoms. The topological polar surface area (TPSA) is 72.2 Å². The minimum Gasteiger partial charge on any atom is -0.345 e. The first-order chi connectivity index (χ1) is 16.0. The van der Waals surface area contributed by atoms with Gasteiger partial charge in [0.15, 0.2) is 0 Å². The number of non-ortho nitro benzene ring substituents is 1. The summed E-state index contributed by atoms with van der Waals surface area (Å²) in [6.07, 6.45) is 7.16. The van der Waals surface area contributed by atoms with Gasteiger partial charge in [-0.25, -0.2) is 0 Å². The highest BCUT2D eigenvalue weighted by molar-refractivity contribution is 6.24. The monoisotopic (exact) mass is 440 g/mol. The second-order valence-corrected chi connectivity index (χ2v) is 8.45. The van der Waals surface area contributed by atoms with Crippen molar-refractivity contribution in [2.24, 2.45) is 0 Å². The molecule has 1 aliphatic rings. The maximum atomic E-state index is 13.5. The average Bonchev–Trinajstić information content (AvgIpc) is 2.86. The number of fused-ring (bicyclic) bond motifs is 1. The fraction of sp³-hybridized carbons (Fsp3) is 0.250. The van der Waals surface area contributed by atoms with E-state index in [0.29, 0.717) is 11.1 Å². The van der Waals surface area contributed by atoms with Crippen LogP contribution in [0.2, 0.25) is 0 Å². The molecule has 4 rings (SSSR count). The lowest BCUT2D eigenvalue weighted by atomic mass is 9.88. The Morgan fingerprint density at radius 3 is 2.48 bits per heavy atom.